The number of rotatable bonds is 8. The highest BCUT2D eigenvalue weighted by Crippen LogP contribution is 2.43. The molecule has 2 aliphatic rings. The molecule has 2 aliphatic heterocycles. The van der Waals surface area contributed by atoms with Crippen LogP contribution >= 0.6 is 11.6 Å². The van der Waals surface area contributed by atoms with Gasteiger partial charge in [0.2, 0.25) is 17.7 Å². The number of hydrogen-bond donors (Lipinski definition) is 0. The number of halogens is 1. The molecular formula is C24H29ClN2O4. The molecule has 3 amide bonds. The fourth-order valence-corrected chi connectivity index (χ4v) is 4.97. The minimum absolute atomic E-state index is 0.0231. The number of carbonyl (C=O) groups is 3. The maximum atomic E-state index is 13.6. The molecule has 1 saturated heterocycles. The van der Waals surface area contributed by atoms with Gasteiger partial charge in [0.05, 0.1) is 18.6 Å². The zero-order valence-corrected chi connectivity index (χ0v) is 18.8. The van der Waals surface area contributed by atoms with E-state index in [1.807, 2.05) is 17.9 Å². The Bertz CT molecular complexity index is 899. The summed E-state index contributed by atoms with van der Waals surface area (Å²) in [6, 6.07) is 6.84. The molecule has 2 heterocycles. The number of benzene rings is 1. The van der Waals surface area contributed by atoms with E-state index >= 15 is 0 Å². The minimum atomic E-state index is -1.32. The Balaban J connectivity index is 2.00. The highest BCUT2D eigenvalue weighted by atomic mass is 35.5. The lowest BCUT2D eigenvalue weighted by Gasteiger charge is -2.39. The van der Waals surface area contributed by atoms with Crippen molar-refractivity contribution in [3.05, 3.63) is 59.7 Å². The smallest absolute Gasteiger partial charge is 0.241 e. The first-order valence-electron chi connectivity index (χ1n) is 10.5. The Morgan fingerprint density at radius 1 is 1.35 bits per heavy atom. The van der Waals surface area contributed by atoms with E-state index in [4.69, 9.17) is 16.3 Å². The minimum Gasteiger partial charge on any atom is -0.383 e. The van der Waals surface area contributed by atoms with Gasteiger partial charge in [-0.15, -0.1) is 6.58 Å². The monoisotopic (exact) mass is 444 g/mol. The normalized spacial score (nSPS) is 25.9. The number of amides is 3. The van der Waals surface area contributed by atoms with Crippen molar-refractivity contribution in [1.82, 2.24) is 9.80 Å². The fourth-order valence-electron chi connectivity index (χ4n) is 4.66. The van der Waals surface area contributed by atoms with Gasteiger partial charge in [-0.05, 0) is 31.4 Å². The lowest BCUT2D eigenvalue weighted by atomic mass is 9.75. The molecule has 0 aromatic heterocycles. The number of nitrogens with zero attached hydrogens (tertiary/aromatic N) is 2. The molecule has 0 radical (unpaired) electrons. The molecule has 7 heteroatoms. The molecule has 166 valence electrons. The van der Waals surface area contributed by atoms with E-state index in [1.54, 1.807) is 30.3 Å². The molecule has 0 aliphatic carbocycles. The van der Waals surface area contributed by atoms with Crippen molar-refractivity contribution >= 4 is 29.3 Å². The maximum Gasteiger partial charge on any atom is 0.241 e. The number of methoxy groups -OCH3 is 1. The first-order valence-corrected chi connectivity index (χ1v) is 10.9. The summed E-state index contributed by atoms with van der Waals surface area (Å²) in [4.78, 5) is 43.1. The molecule has 3 atom stereocenters. The van der Waals surface area contributed by atoms with Gasteiger partial charge in [0.15, 0.2) is 0 Å². The van der Waals surface area contributed by atoms with Crippen molar-refractivity contribution in [3.8, 4) is 0 Å². The predicted molar refractivity (Wildman–Crippen MR) is 120 cm³/mol. The van der Waals surface area contributed by atoms with E-state index in [2.05, 4.69) is 12.7 Å². The molecule has 0 saturated carbocycles. The summed E-state index contributed by atoms with van der Waals surface area (Å²) in [6.45, 7) is 6.15. The third-order valence-electron chi connectivity index (χ3n) is 6.15. The first-order chi connectivity index (χ1) is 14.9. The predicted octanol–water partition coefficient (Wildman–Crippen LogP) is 3.49. The van der Waals surface area contributed by atoms with E-state index in [9.17, 15) is 14.4 Å². The van der Waals surface area contributed by atoms with Crippen molar-refractivity contribution in [2.24, 2.45) is 0 Å². The third-order valence-corrected chi connectivity index (χ3v) is 6.48. The highest BCUT2D eigenvalue weighted by Gasteiger charge is 2.55. The SMILES string of the molecule is C=CC[C@@H]1CC=C[C@@H](C)N1C(=O)CC1(c2ccccc2Cl)CC(=O)N(CCOC)C1=O. The number of likely N-dealkylation sites (tertiary alicyclic amines) is 1. The van der Waals surface area contributed by atoms with Crippen LogP contribution in [0.25, 0.3) is 0 Å². The average Bonchev–Trinajstić information content (AvgIpc) is 2.97. The molecule has 1 fully saturated rings. The summed E-state index contributed by atoms with van der Waals surface area (Å²) >= 11 is 6.48. The van der Waals surface area contributed by atoms with Crippen LogP contribution in [0, 0.1) is 0 Å². The van der Waals surface area contributed by atoms with E-state index in [0.717, 1.165) is 6.42 Å². The highest BCUT2D eigenvalue weighted by molar-refractivity contribution is 6.32. The Hall–Kier alpha value is -2.44. The molecule has 6 nitrogen and oxygen atoms in total. The molecule has 0 N–H and O–H groups in total. The van der Waals surface area contributed by atoms with Crippen molar-refractivity contribution in [2.75, 3.05) is 20.3 Å². The Morgan fingerprint density at radius 2 is 2.10 bits per heavy atom. The van der Waals surface area contributed by atoms with E-state index in [-0.39, 0.29) is 49.9 Å². The average molecular weight is 445 g/mol. The summed E-state index contributed by atoms with van der Waals surface area (Å²) in [7, 11) is 1.51. The molecule has 1 aromatic rings. The van der Waals surface area contributed by atoms with Gasteiger partial charge >= 0.3 is 0 Å². The van der Waals surface area contributed by atoms with Crippen LogP contribution < -0.4 is 0 Å². The largest absolute Gasteiger partial charge is 0.383 e. The number of ether oxygens (including phenoxy) is 1. The van der Waals surface area contributed by atoms with Gasteiger partial charge in [-0.3, -0.25) is 19.3 Å². The molecule has 0 bridgehead atoms. The summed E-state index contributed by atoms with van der Waals surface area (Å²) < 4.78 is 5.06. The summed E-state index contributed by atoms with van der Waals surface area (Å²) in [6.07, 6.45) is 7.05. The van der Waals surface area contributed by atoms with Crippen LogP contribution in [-0.4, -0.2) is 59.9 Å². The Morgan fingerprint density at radius 3 is 2.77 bits per heavy atom. The van der Waals surface area contributed by atoms with Crippen LogP contribution in [0.3, 0.4) is 0 Å². The number of imide groups is 1. The van der Waals surface area contributed by atoms with Crippen LogP contribution in [0.4, 0.5) is 0 Å². The van der Waals surface area contributed by atoms with Gasteiger partial charge in [-0.25, -0.2) is 0 Å². The topological polar surface area (TPSA) is 66.9 Å². The number of carbonyl (C=O) groups excluding carboxylic acids is 3. The maximum absolute atomic E-state index is 13.6. The molecule has 3 rings (SSSR count). The van der Waals surface area contributed by atoms with Crippen LogP contribution in [0.5, 0.6) is 0 Å². The van der Waals surface area contributed by atoms with Crippen LogP contribution in [0.15, 0.2) is 49.1 Å². The Labute approximate surface area is 188 Å². The van der Waals surface area contributed by atoms with Crippen LogP contribution in [-0.2, 0) is 24.5 Å². The van der Waals surface area contributed by atoms with Gasteiger partial charge in [-0.1, -0.05) is 48.0 Å². The van der Waals surface area contributed by atoms with Crippen molar-refractivity contribution < 1.29 is 19.1 Å². The molecule has 31 heavy (non-hydrogen) atoms. The second-order valence-electron chi connectivity index (χ2n) is 8.14. The van der Waals surface area contributed by atoms with Gasteiger partial charge in [-0.2, -0.15) is 0 Å². The summed E-state index contributed by atoms with van der Waals surface area (Å²) in [5.41, 5.74) is -0.802. The zero-order valence-electron chi connectivity index (χ0n) is 18.1. The number of hydrogen-bond acceptors (Lipinski definition) is 4. The second-order valence-corrected chi connectivity index (χ2v) is 8.55. The first kappa shape index (κ1) is 23.2. The quantitative estimate of drug-likeness (QED) is 0.454. The summed E-state index contributed by atoms with van der Waals surface area (Å²) in [5.74, 6) is -0.876. The molecule has 1 aromatic carbocycles. The van der Waals surface area contributed by atoms with Crippen molar-refractivity contribution in [2.45, 2.75) is 50.1 Å². The van der Waals surface area contributed by atoms with E-state index in [1.165, 1.54) is 12.0 Å². The summed E-state index contributed by atoms with van der Waals surface area (Å²) in [5, 5.41) is 0.374. The van der Waals surface area contributed by atoms with Gasteiger partial charge in [0.1, 0.15) is 0 Å². The van der Waals surface area contributed by atoms with Gasteiger partial charge < -0.3 is 9.64 Å². The standard InChI is InChI=1S/C24H29ClN2O4/c1-4-8-18-10-7-9-17(2)27(18)22(29)16-24(19-11-5-6-12-20(19)25)15-21(28)26(23(24)30)13-14-31-3/h4-7,9,11-12,17-18H,1,8,10,13-16H2,2-3H3/t17-,18-,24?/m1/s1. The molecule has 0 spiro atoms. The lowest BCUT2D eigenvalue weighted by Crippen LogP contribution is -2.50. The van der Waals surface area contributed by atoms with Crippen molar-refractivity contribution in [1.29, 1.82) is 0 Å². The second kappa shape index (κ2) is 9.79. The molecule has 1 unspecified atom stereocenters. The lowest BCUT2D eigenvalue weighted by molar-refractivity contribution is -0.144. The van der Waals surface area contributed by atoms with E-state index in [0.29, 0.717) is 17.0 Å². The van der Waals surface area contributed by atoms with Crippen molar-refractivity contribution in [3.63, 3.8) is 0 Å². The zero-order chi connectivity index (χ0) is 22.6. The van der Waals surface area contributed by atoms with Gasteiger partial charge in [0, 0.05) is 37.1 Å². The fraction of sp³-hybridized carbons (Fsp3) is 0.458. The van der Waals surface area contributed by atoms with Gasteiger partial charge in [0.25, 0.3) is 0 Å². The Kier molecular flexibility index (Phi) is 7.34. The van der Waals surface area contributed by atoms with Crippen LogP contribution in [0.2, 0.25) is 5.02 Å². The third kappa shape index (κ3) is 4.46. The van der Waals surface area contributed by atoms with Crippen LogP contribution in [0.1, 0.15) is 38.2 Å². The molecular weight excluding hydrogens is 416 g/mol. The van der Waals surface area contributed by atoms with E-state index < -0.39 is 11.3 Å².